The lowest BCUT2D eigenvalue weighted by molar-refractivity contribution is 0.213. The number of nitrogen functional groups attached to an aromatic ring is 1. The normalized spacial score (nSPS) is 21.1. The lowest BCUT2D eigenvalue weighted by Gasteiger charge is -2.40. The molecule has 6 nitrogen and oxygen atoms in total. The van der Waals surface area contributed by atoms with Gasteiger partial charge in [0.1, 0.15) is 0 Å². The van der Waals surface area contributed by atoms with E-state index in [9.17, 15) is 8.42 Å². The molecule has 1 saturated heterocycles. The van der Waals surface area contributed by atoms with Crippen LogP contribution in [0, 0.1) is 0 Å². The minimum Gasteiger partial charge on any atom is -0.397 e. The zero-order valence-corrected chi connectivity index (χ0v) is 12.7. The summed E-state index contributed by atoms with van der Waals surface area (Å²) < 4.78 is 22.6. The molecule has 1 aromatic rings. The molecule has 1 unspecified atom stereocenters. The van der Waals surface area contributed by atoms with Crippen molar-refractivity contribution in [2.75, 3.05) is 37.3 Å². The van der Waals surface area contributed by atoms with Crippen LogP contribution in [-0.4, -0.2) is 46.0 Å². The lowest BCUT2D eigenvalue weighted by atomic mass is 10.1. The predicted octanol–water partition coefficient (Wildman–Crippen LogP) is 0.447. The molecule has 1 aliphatic heterocycles. The fraction of sp³-hybridized carbons (Fsp3) is 0.538. The quantitative estimate of drug-likeness (QED) is 0.790. The van der Waals surface area contributed by atoms with Gasteiger partial charge in [-0.3, -0.25) is 4.90 Å². The van der Waals surface area contributed by atoms with Gasteiger partial charge in [-0.2, -0.15) is 0 Å². The van der Waals surface area contributed by atoms with E-state index in [-0.39, 0.29) is 4.90 Å². The number of piperazine rings is 1. The van der Waals surface area contributed by atoms with Crippen LogP contribution >= 0.6 is 0 Å². The fourth-order valence-electron chi connectivity index (χ4n) is 2.60. The molecular weight excluding hydrogens is 276 g/mol. The van der Waals surface area contributed by atoms with E-state index in [0.717, 1.165) is 31.7 Å². The van der Waals surface area contributed by atoms with Crippen molar-refractivity contribution < 1.29 is 8.42 Å². The molecule has 0 aliphatic carbocycles. The van der Waals surface area contributed by atoms with Gasteiger partial charge in [-0.1, -0.05) is 6.92 Å². The number of likely N-dealkylation sites (N-methyl/N-ethyl adjacent to an activating group) is 1. The lowest BCUT2D eigenvalue weighted by Crippen LogP contribution is -2.51. The molecule has 112 valence electrons. The molecule has 2 rings (SSSR count). The molecule has 20 heavy (non-hydrogen) atoms. The van der Waals surface area contributed by atoms with Crippen molar-refractivity contribution in [3.63, 3.8) is 0 Å². The smallest absolute Gasteiger partial charge is 0.238 e. The SMILES string of the molecule is CCC1CN(c2ccc(S(N)(=O)=O)cc2N)CCN1C. The Morgan fingerprint density at radius 2 is 2.05 bits per heavy atom. The minimum atomic E-state index is -3.70. The van der Waals surface area contributed by atoms with Crippen LogP contribution in [0.25, 0.3) is 0 Å². The summed E-state index contributed by atoms with van der Waals surface area (Å²) in [5.74, 6) is 0. The summed E-state index contributed by atoms with van der Waals surface area (Å²) in [5, 5.41) is 5.11. The third-order valence-electron chi connectivity index (χ3n) is 3.92. The third kappa shape index (κ3) is 3.05. The van der Waals surface area contributed by atoms with Gasteiger partial charge in [-0.25, -0.2) is 13.6 Å². The van der Waals surface area contributed by atoms with E-state index in [1.165, 1.54) is 12.1 Å². The van der Waals surface area contributed by atoms with Crippen LogP contribution in [0.4, 0.5) is 11.4 Å². The first-order chi connectivity index (χ1) is 9.32. The molecular formula is C13H22N4O2S. The molecule has 7 heteroatoms. The average Bonchev–Trinajstić information content (AvgIpc) is 2.38. The number of anilines is 2. The summed E-state index contributed by atoms with van der Waals surface area (Å²) in [4.78, 5) is 4.60. The highest BCUT2D eigenvalue weighted by Crippen LogP contribution is 2.28. The standard InChI is InChI=1S/C13H22N4O2S/c1-3-10-9-17(7-6-16(10)2)13-5-4-11(8-12(13)14)20(15,18)19/h4-5,8,10H,3,6-7,9,14H2,1-2H3,(H2,15,18,19). The Kier molecular flexibility index (Phi) is 4.22. The summed E-state index contributed by atoms with van der Waals surface area (Å²) in [6, 6.07) is 5.18. The van der Waals surface area contributed by atoms with Gasteiger partial charge in [-0.05, 0) is 31.7 Å². The molecule has 0 amide bonds. The van der Waals surface area contributed by atoms with Crippen LogP contribution in [0.15, 0.2) is 23.1 Å². The Bertz CT molecular complexity index is 588. The number of sulfonamides is 1. The molecule has 0 spiro atoms. The van der Waals surface area contributed by atoms with Crippen LogP contribution in [0.5, 0.6) is 0 Å². The number of benzene rings is 1. The molecule has 1 fully saturated rings. The van der Waals surface area contributed by atoms with Crippen LogP contribution in [0.2, 0.25) is 0 Å². The van der Waals surface area contributed by atoms with Gasteiger partial charge < -0.3 is 10.6 Å². The van der Waals surface area contributed by atoms with Crippen molar-refractivity contribution in [3.05, 3.63) is 18.2 Å². The van der Waals surface area contributed by atoms with E-state index in [1.807, 2.05) is 0 Å². The van der Waals surface area contributed by atoms with Crippen molar-refractivity contribution >= 4 is 21.4 Å². The topological polar surface area (TPSA) is 92.7 Å². The second-order valence-corrected chi connectivity index (χ2v) is 6.82. The van der Waals surface area contributed by atoms with Gasteiger partial charge in [-0.15, -0.1) is 0 Å². The minimum absolute atomic E-state index is 0.0555. The highest BCUT2D eigenvalue weighted by Gasteiger charge is 2.24. The summed E-state index contributed by atoms with van der Waals surface area (Å²) in [6.07, 6.45) is 1.07. The second-order valence-electron chi connectivity index (χ2n) is 5.25. The number of primary sulfonamides is 1. The Morgan fingerprint density at radius 3 is 2.60 bits per heavy atom. The van der Waals surface area contributed by atoms with Gasteiger partial charge in [0.15, 0.2) is 0 Å². The number of hydrogen-bond donors (Lipinski definition) is 2. The van der Waals surface area contributed by atoms with Crippen molar-refractivity contribution in [2.45, 2.75) is 24.3 Å². The molecule has 1 aromatic carbocycles. The maximum absolute atomic E-state index is 11.3. The van der Waals surface area contributed by atoms with Crippen molar-refractivity contribution in [1.29, 1.82) is 0 Å². The number of nitrogens with zero attached hydrogens (tertiary/aromatic N) is 2. The van der Waals surface area contributed by atoms with Crippen LogP contribution < -0.4 is 15.8 Å². The van der Waals surface area contributed by atoms with E-state index in [1.54, 1.807) is 6.07 Å². The highest BCUT2D eigenvalue weighted by molar-refractivity contribution is 7.89. The van der Waals surface area contributed by atoms with E-state index >= 15 is 0 Å². The van der Waals surface area contributed by atoms with Crippen LogP contribution in [0.3, 0.4) is 0 Å². The summed E-state index contributed by atoms with van der Waals surface area (Å²) >= 11 is 0. The first-order valence-electron chi connectivity index (χ1n) is 6.70. The average molecular weight is 298 g/mol. The van der Waals surface area contributed by atoms with Crippen LogP contribution in [-0.2, 0) is 10.0 Å². The largest absolute Gasteiger partial charge is 0.397 e. The Morgan fingerprint density at radius 1 is 1.35 bits per heavy atom. The third-order valence-corrected chi connectivity index (χ3v) is 4.83. The molecule has 1 aliphatic rings. The molecule has 0 saturated carbocycles. The zero-order chi connectivity index (χ0) is 14.9. The maximum Gasteiger partial charge on any atom is 0.238 e. The molecule has 0 bridgehead atoms. The number of rotatable bonds is 3. The Balaban J connectivity index is 2.26. The summed E-state index contributed by atoms with van der Waals surface area (Å²) in [5.41, 5.74) is 7.33. The predicted molar refractivity (Wildman–Crippen MR) is 81.1 cm³/mol. The monoisotopic (exact) mass is 298 g/mol. The second kappa shape index (κ2) is 5.59. The molecule has 4 N–H and O–H groups in total. The molecule has 0 aromatic heterocycles. The Labute approximate surface area is 120 Å². The van der Waals surface area contributed by atoms with E-state index < -0.39 is 10.0 Å². The maximum atomic E-state index is 11.3. The van der Waals surface area contributed by atoms with Crippen molar-refractivity contribution in [2.24, 2.45) is 5.14 Å². The first-order valence-corrected chi connectivity index (χ1v) is 8.25. The first kappa shape index (κ1) is 15.1. The number of hydrogen-bond acceptors (Lipinski definition) is 5. The van der Waals surface area contributed by atoms with Crippen molar-refractivity contribution in [1.82, 2.24) is 4.90 Å². The molecule has 1 heterocycles. The van der Waals surface area contributed by atoms with Crippen molar-refractivity contribution in [3.8, 4) is 0 Å². The highest BCUT2D eigenvalue weighted by atomic mass is 32.2. The molecule has 0 radical (unpaired) electrons. The van der Waals surface area contributed by atoms with Gasteiger partial charge in [0, 0.05) is 25.7 Å². The summed E-state index contributed by atoms with van der Waals surface area (Å²) in [7, 11) is -1.58. The van der Waals surface area contributed by atoms with Crippen LogP contribution in [0.1, 0.15) is 13.3 Å². The Hall–Kier alpha value is -1.31. The molecule has 1 atom stereocenters. The van der Waals surface area contributed by atoms with Gasteiger partial charge in [0.25, 0.3) is 0 Å². The van der Waals surface area contributed by atoms with Gasteiger partial charge in [0.05, 0.1) is 16.3 Å². The van der Waals surface area contributed by atoms with E-state index in [2.05, 4.69) is 23.8 Å². The van der Waals surface area contributed by atoms with Gasteiger partial charge >= 0.3 is 0 Å². The number of nitrogens with two attached hydrogens (primary N) is 2. The van der Waals surface area contributed by atoms with Gasteiger partial charge in [0.2, 0.25) is 10.0 Å². The zero-order valence-electron chi connectivity index (χ0n) is 11.9. The van der Waals surface area contributed by atoms with E-state index in [4.69, 9.17) is 10.9 Å². The van der Waals surface area contributed by atoms with E-state index in [0.29, 0.717) is 11.7 Å². The fourth-order valence-corrected chi connectivity index (χ4v) is 3.15. The summed E-state index contributed by atoms with van der Waals surface area (Å²) in [6.45, 7) is 4.91.